The van der Waals surface area contributed by atoms with Crippen LogP contribution >= 0.6 is 0 Å². The first-order chi connectivity index (χ1) is 13.7. The molecule has 0 saturated carbocycles. The topological polar surface area (TPSA) is 103 Å². The molecule has 4 aromatic rings. The molecule has 1 aromatic carbocycles. The molecule has 0 radical (unpaired) electrons. The van der Waals surface area contributed by atoms with Crippen molar-refractivity contribution >= 4 is 11.6 Å². The fourth-order valence-corrected chi connectivity index (χ4v) is 2.80. The predicted octanol–water partition coefficient (Wildman–Crippen LogP) is 3.96. The van der Waals surface area contributed by atoms with Gasteiger partial charge >= 0.3 is 0 Å². The zero-order valence-corrected chi connectivity index (χ0v) is 15.2. The number of aryl methyl sites for hydroxylation is 1. The summed E-state index contributed by atoms with van der Waals surface area (Å²) in [6.07, 6.45) is 3.03. The number of rotatable bonds is 5. The number of hydrogen-bond donors (Lipinski definition) is 1. The second-order valence-electron chi connectivity index (χ2n) is 5.95. The van der Waals surface area contributed by atoms with Crippen LogP contribution in [0.1, 0.15) is 16.1 Å². The van der Waals surface area contributed by atoms with E-state index in [9.17, 15) is 4.79 Å². The van der Waals surface area contributed by atoms with Crippen molar-refractivity contribution in [2.75, 3.05) is 12.4 Å². The van der Waals surface area contributed by atoms with Crippen LogP contribution in [0.2, 0.25) is 0 Å². The Hall–Kier alpha value is -3.94. The molecule has 0 aliphatic heterocycles. The van der Waals surface area contributed by atoms with Crippen molar-refractivity contribution in [1.29, 1.82) is 0 Å². The van der Waals surface area contributed by atoms with Gasteiger partial charge in [0, 0.05) is 5.56 Å². The van der Waals surface area contributed by atoms with Gasteiger partial charge in [0.05, 0.1) is 24.6 Å². The summed E-state index contributed by atoms with van der Waals surface area (Å²) in [5.74, 6) is 0.321. The quantitative estimate of drug-likeness (QED) is 0.562. The lowest BCUT2D eigenvalue weighted by Gasteiger charge is -2.10. The van der Waals surface area contributed by atoms with E-state index in [-0.39, 0.29) is 11.8 Å². The number of benzene rings is 1. The fourth-order valence-electron chi connectivity index (χ4n) is 2.80. The SMILES string of the molecule is COc1nc(-c2cnoc2)ccc1NC(=O)c1c(-c2ccccc2)noc1C. The van der Waals surface area contributed by atoms with Gasteiger partial charge in [-0.2, -0.15) is 0 Å². The second kappa shape index (κ2) is 7.36. The van der Waals surface area contributed by atoms with Gasteiger partial charge in [0.15, 0.2) is 0 Å². The molecular weight excluding hydrogens is 360 g/mol. The molecule has 0 saturated heterocycles. The molecule has 3 aromatic heterocycles. The van der Waals surface area contributed by atoms with Gasteiger partial charge in [-0.15, -0.1) is 0 Å². The average molecular weight is 376 g/mol. The molecule has 0 unspecified atom stereocenters. The molecule has 0 aliphatic rings. The molecule has 140 valence electrons. The zero-order valence-electron chi connectivity index (χ0n) is 15.2. The first-order valence-corrected chi connectivity index (χ1v) is 8.45. The second-order valence-corrected chi connectivity index (χ2v) is 5.95. The van der Waals surface area contributed by atoms with Crippen molar-refractivity contribution in [1.82, 2.24) is 15.3 Å². The van der Waals surface area contributed by atoms with Crippen LogP contribution in [0.4, 0.5) is 5.69 Å². The summed E-state index contributed by atoms with van der Waals surface area (Å²) in [7, 11) is 1.48. The first kappa shape index (κ1) is 17.5. The van der Waals surface area contributed by atoms with E-state index in [0.717, 1.165) is 5.56 Å². The van der Waals surface area contributed by atoms with E-state index in [1.54, 1.807) is 25.3 Å². The molecule has 1 amide bonds. The number of carbonyl (C=O) groups is 1. The fraction of sp³-hybridized carbons (Fsp3) is 0.100. The highest BCUT2D eigenvalue weighted by Crippen LogP contribution is 2.29. The van der Waals surface area contributed by atoms with E-state index in [1.807, 2.05) is 30.3 Å². The van der Waals surface area contributed by atoms with Crippen LogP contribution in [-0.2, 0) is 0 Å². The normalized spacial score (nSPS) is 10.6. The van der Waals surface area contributed by atoms with Crippen LogP contribution in [-0.4, -0.2) is 28.3 Å². The van der Waals surface area contributed by atoms with Crippen LogP contribution < -0.4 is 10.1 Å². The highest BCUT2D eigenvalue weighted by atomic mass is 16.5. The standard InChI is InChI=1S/C20H16N4O4/c1-12-17(18(24-28-12)13-6-4-3-5-7-13)19(25)22-16-9-8-15(23-20(16)26-2)14-10-21-27-11-14/h3-11H,1-2H3,(H,22,25). The molecule has 0 bridgehead atoms. The summed E-state index contributed by atoms with van der Waals surface area (Å²) in [6, 6.07) is 12.8. The van der Waals surface area contributed by atoms with Crippen molar-refractivity contribution in [2.24, 2.45) is 0 Å². The lowest BCUT2D eigenvalue weighted by atomic mass is 10.1. The van der Waals surface area contributed by atoms with Gasteiger partial charge in [-0.05, 0) is 19.1 Å². The van der Waals surface area contributed by atoms with Crippen molar-refractivity contribution in [3.8, 4) is 28.4 Å². The van der Waals surface area contributed by atoms with Crippen molar-refractivity contribution < 1.29 is 18.6 Å². The van der Waals surface area contributed by atoms with E-state index in [2.05, 4.69) is 20.6 Å². The highest BCUT2D eigenvalue weighted by Gasteiger charge is 2.23. The van der Waals surface area contributed by atoms with Crippen LogP contribution in [0.5, 0.6) is 5.88 Å². The zero-order chi connectivity index (χ0) is 19.5. The monoisotopic (exact) mass is 376 g/mol. The number of methoxy groups -OCH3 is 1. The van der Waals surface area contributed by atoms with Gasteiger partial charge in [-0.3, -0.25) is 4.79 Å². The Morgan fingerprint density at radius 3 is 2.64 bits per heavy atom. The van der Waals surface area contributed by atoms with Crippen molar-refractivity contribution in [3.63, 3.8) is 0 Å². The van der Waals surface area contributed by atoms with Gasteiger partial charge in [0.1, 0.15) is 29.0 Å². The maximum atomic E-state index is 13.0. The molecule has 0 atom stereocenters. The number of pyridine rings is 1. The largest absolute Gasteiger partial charge is 0.479 e. The molecule has 0 aliphatic carbocycles. The van der Waals surface area contributed by atoms with E-state index in [1.165, 1.54) is 13.4 Å². The minimum Gasteiger partial charge on any atom is -0.479 e. The van der Waals surface area contributed by atoms with Crippen molar-refractivity contribution in [2.45, 2.75) is 6.92 Å². The van der Waals surface area contributed by atoms with Gasteiger partial charge in [0.25, 0.3) is 5.91 Å². The summed E-state index contributed by atoms with van der Waals surface area (Å²) in [5.41, 5.74) is 3.37. The third-order valence-electron chi connectivity index (χ3n) is 4.17. The Bertz CT molecular complexity index is 1100. The summed E-state index contributed by atoms with van der Waals surface area (Å²) in [5, 5.41) is 10.5. The number of hydrogen-bond acceptors (Lipinski definition) is 7. The number of nitrogens with one attached hydrogen (secondary N) is 1. The Morgan fingerprint density at radius 2 is 1.93 bits per heavy atom. The highest BCUT2D eigenvalue weighted by molar-refractivity contribution is 6.09. The number of anilines is 1. The lowest BCUT2D eigenvalue weighted by molar-refractivity contribution is 0.102. The maximum absolute atomic E-state index is 13.0. The molecule has 0 fully saturated rings. The van der Waals surface area contributed by atoms with E-state index < -0.39 is 0 Å². The van der Waals surface area contributed by atoms with Gasteiger partial charge < -0.3 is 19.1 Å². The van der Waals surface area contributed by atoms with E-state index in [4.69, 9.17) is 13.8 Å². The van der Waals surface area contributed by atoms with E-state index in [0.29, 0.717) is 34.0 Å². The Labute approximate surface area is 160 Å². The van der Waals surface area contributed by atoms with Crippen LogP contribution in [0.25, 0.3) is 22.5 Å². The molecule has 0 spiro atoms. The number of aromatic nitrogens is 3. The molecule has 3 heterocycles. The third kappa shape index (κ3) is 3.23. The predicted molar refractivity (Wildman–Crippen MR) is 101 cm³/mol. The van der Waals surface area contributed by atoms with Crippen LogP contribution in [0.3, 0.4) is 0 Å². The number of amides is 1. The van der Waals surface area contributed by atoms with Gasteiger partial charge in [0.2, 0.25) is 5.88 Å². The summed E-state index contributed by atoms with van der Waals surface area (Å²) in [4.78, 5) is 17.3. The Kier molecular flexibility index (Phi) is 4.59. The first-order valence-electron chi connectivity index (χ1n) is 8.45. The Morgan fingerprint density at radius 1 is 1.11 bits per heavy atom. The van der Waals surface area contributed by atoms with Crippen LogP contribution in [0.15, 0.2) is 64.0 Å². The molecule has 8 heteroatoms. The number of ether oxygens (including phenoxy) is 1. The lowest BCUT2D eigenvalue weighted by Crippen LogP contribution is -2.14. The summed E-state index contributed by atoms with van der Waals surface area (Å²) < 4.78 is 15.4. The third-order valence-corrected chi connectivity index (χ3v) is 4.17. The number of nitrogens with zero attached hydrogens (tertiary/aromatic N) is 3. The minimum atomic E-state index is -0.365. The molecule has 8 nitrogen and oxygen atoms in total. The Balaban J connectivity index is 1.65. The maximum Gasteiger partial charge on any atom is 0.261 e. The van der Waals surface area contributed by atoms with E-state index >= 15 is 0 Å². The van der Waals surface area contributed by atoms with Crippen molar-refractivity contribution in [3.05, 3.63) is 66.2 Å². The number of carbonyl (C=O) groups excluding carboxylic acids is 1. The molecule has 4 rings (SSSR count). The summed E-state index contributed by atoms with van der Waals surface area (Å²) >= 11 is 0. The summed E-state index contributed by atoms with van der Waals surface area (Å²) in [6.45, 7) is 1.69. The average Bonchev–Trinajstić information content (AvgIpc) is 3.39. The van der Waals surface area contributed by atoms with Gasteiger partial charge in [-0.25, -0.2) is 4.98 Å². The molecule has 1 N–H and O–H groups in total. The minimum absolute atomic E-state index is 0.266. The van der Waals surface area contributed by atoms with Gasteiger partial charge in [-0.1, -0.05) is 40.6 Å². The molecular formula is C20H16N4O4. The van der Waals surface area contributed by atoms with Crippen LogP contribution in [0, 0.1) is 6.92 Å². The smallest absolute Gasteiger partial charge is 0.261 e. The molecule has 28 heavy (non-hydrogen) atoms.